The van der Waals surface area contributed by atoms with Crippen LogP contribution in [0.5, 0.6) is 0 Å². The molecule has 1 aliphatic heterocycles. The number of aliphatic hydroxyl groups is 1. The van der Waals surface area contributed by atoms with Gasteiger partial charge in [-0.2, -0.15) is 4.99 Å². The van der Waals surface area contributed by atoms with Gasteiger partial charge in [0, 0.05) is 43.4 Å². The number of rotatable bonds is 8. The molecule has 3 aromatic heterocycles. The van der Waals surface area contributed by atoms with Crippen LogP contribution in [0.1, 0.15) is 48.5 Å². The van der Waals surface area contributed by atoms with Gasteiger partial charge in [-0.1, -0.05) is 6.07 Å². The van der Waals surface area contributed by atoms with E-state index in [9.17, 15) is 9.90 Å². The van der Waals surface area contributed by atoms with Gasteiger partial charge in [0.25, 0.3) is 5.91 Å². The molecule has 1 aliphatic rings. The summed E-state index contributed by atoms with van der Waals surface area (Å²) >= 11 is 0. The maximum Gasteiger partial charge on any atom is 0.280 e. The molecule has 0 unspecified atom stereocenters. The number of nitrogens with zero attached hydrogens (tertiary/aromatic N) is 5. The Kier molecular flexibility index (Phi) is 8.02. The van der Waals surface area contributed by atoms with Crippen molar-refractivity contribution in [2.75, 3.05) is 33.4 Å². The van der Waals surface area contributed by atoms with Crippen LogP contribution in [0.15, 0.2) is 66.0 Å². The number of hydrogen-bond acceptors (Lipinski definition) is 6. The van der Waals surface area contributed by atoms with Gasteiger partial charge in [-0.25, -0.2) is 0 Å². The number of amides is 1. The molecule has 1 saturated heterocycles. The van der Waals surface area contributed by atoms with Crippen molar-refractivity contribution in [1.82, 2.24) is 24.4 Å². The van der Waals surface area contributed by atoms with Crippen LogP contribution in [0.25, 0.3) is 22.3 Å². The summed E-state index contributed by atoms with van der Waals surface area (Å²) in [5, 5.41) is 10.6. The van der Waals surface area contributed by atoms with Crippen LogP contribution in [0, 0.1) is 0 Å². The maximum atomic E-state index is 13.3. The Balaban J connectivity index is 1.46. The summed E-state index contributed by atoms with van der Waals surface area (Å²) in [6, 6.07) is 13.5. The smallest absolute Gasteiger partial charge is 0.280 e. The molecule has 39 heavy (non-hydrogen) atoms. The number of nitrogens with one attached hydrogen (secondary N) is 1. The van der Waals surface area contributed by atoms with Gasteiger partial charge in [0.05, 0.1) is 35.5 Å². The number of methoxy groups -OCH3 is 1. The van der Waals surface area contributed by atoms with E-state index in [-0.39, 0.29) is 12.5 Å². The number of pyridine rings is 2. The summed E-state index contributed by atoms with van der Waals surface area (Å²) in [5.41, 5.74) is 4.40. The van der Waals surface area contributed by atoms with Crippen molar-refractivity contribution < 1.29 is 14.6 Å². The molecule has 0 spiro atoms. The number of piperidine rings is 1. The minimum atomic E-state index is -0.995. The summed E-state index contributed by atoms with van der Waals surface area (Å²) in [4.78, 5) is 32.1. The van der Waals surface area contributed by atoms with Crippen molar-refractivity contribution in [2.45, 2.75) is 44.8 Å². The van der Waals surface area contributed by atoms with Gasteiger partial charge in [-0.15, -0.1) is 0 Å². The van der Waals surface area contributed by atoms with E-state index in [1.807, 2.05) is 16.7 Å². The molecule has 9 nitrogen and oxygen atoms in total. The van der Waals surface area contributed by atoms with Crippen LogP contribution in [0.4, 0.5) is 0 Å². The predicted octanol–water partition coefficient (Wildman–Crippen LogP) is 3.76. The SMILES string of the molecule is COCCN1CCC(c2ccc3c(c2)[nH]/c(=N\C(=O)c2ccnc(-c4cccnc4)c2)n3CC(C)(C)O)CC1. The number of aromatic nitrogens is 4. The predicted molar refractivity (Wildman–Crippen MR) is 150 cm³/mol. The third-order valence-electron chi connectivity index (χ3n) is 7.20. The van der Waals surface area contributed by atoms with Gasteiger partial charge in [-0.05, 0) is 87.7 Å². The highest BCUT2D eigenvalue weighted by molar-refractivity contribution is 5.95. The minimum absolute atomic E-state index is 0.285. The molecule has 2 N–H and O–H groups in total. The number of ether oxygens (including phenoxy) is 1. The van der Waals surface area contributed by atoms with E-state index in [0.717, 1.165) is 55.7 Å². The maximum absolute atomic E-state index is 13.3. The first-order valence-corrected chi connectivity index (χ1v) is 13.4. The standard InChI is InChI=1S/C30H36N6O3/c1-30(2,38)20-36-27-7-6-22(21-9-13-35(14-10-21)15-16-39-3)17-26(27)33-29(36)34-28(37)23-8-12-32-25(18-23)24-5-4-11-31-19-24/h4-8,11-12,17-19,21,38H,9-10,13-16,20H2,1-3H3,(H,33,34,37). The number of imidazole rings is 1. The highest BCUT2D eigenvalue weighted by Gasteiger charge is 2.22. The fourth-order valence-electron chi connectivity index (χ4n) is 5.19. The van der Waals surface area contributed by atoms with Gasteiger partial charge >= 0.3 is 0 Å². The van der Waals surface area contributed by atoms with Crippen molar-refractivity contribution in [2.24, 2.45) is 4.99 Å². The zero-order chi connectivity index (χ0) is 27.4. The van der Waals surface area contributed by atoms with Crippen LogP contribution in [-0.2, 0) is 11.3 Å². The average molecular weight is 529 g/mol. The van der Waals surface area contributed by atoms with Crippen molar-refractivity contribution in [1.29, 1.82) is 0 Å². The van der Waals surface area contributed by atoms with Crippen LogP contribution in [0.2, 0.25) is 0 Å². The van der Waals surface area contributed by atoms with Gasteiger partial charge < -0.3 is 24.3 Å². The van der Waals surface area contributed by atoms with Gasteiger partial charge in [0.2, 0.25) is 5.62 Å². The van der Waals surface area contributed by atoms with Gasteiger partial charge in [0.15, 0.2) is 0 Å². The molecule has 0 aliphatic carbocycles. The largest absolute Gasteiger partial charge is 0.389 e. The Morgan fingerprint density at radius 1 is 1.18 bits per heavy atom. The fraction of sp³-hybridized carbons (Fsp3) is 0.400. The molecule has 1 fully saturated rings. The third-order valence-corrected chi connectivity index (χ3v) is 7.20. The minimum Gasteiger partial charge on any atom is -0.389 e. The van der Waals surface area contributed by atoms with E-state index in [0.29, 0.717) is 22.8 Å². The van der Waals surface area contributed by atoms with Crippen LogP contribution < -0.4 is 5.62 Å². The molecule has 0 radical (unpaired) electrons. The topological polar surface area (TPSA) is 109 Å². The quantitative estimate of drug-likeness (QED) is 0.361. The second kappa shape index (κ2) is 11.6. The zero-order valence-electron chi connectivity index (χ0n) is 22.8. The van der Waals surface area contributed by atoms with Crippen molar-refractivity contribution in [3.8, 4) is 11.3 Å². The lowest BCUT2D eigenvalue weighted by molar-refractivity contribution is 0.0612. The molecule has 204 valence electrons. The lowest BCUT2D eigenvalue weighted by Gasteiger charge is -2.32. The third kappa shape index (κ3) is 6.50. The first-order chi connectivity index (χ1) is 18.8. The molecule has 0 saturated carbocycles. The summed E-state index contributed by atoms with van der Waals surface area (Å²) in [7, 11) is 1.74. The van der Waals surface area contributed by atoms with E-state index in [1.54, 1.807) is 51.7 Å². The number of carbonyl (C=O) groups excluding carboxylic acids is 1. The summed E-state index contributed by atoms with van der Waals surface area (Å²) < 4.78 is 7.11. The Hall–Kier alpha value is -3.66. The fourth-order valence-corrected chi connectivity index (χ4v) is 5.19. The van der Waals surface area contributed by atoms with Crippen LogP contribution in [0.3, 0.4) is 0 Å². The monoisotopic (exact) mass is 528 g/mol. The van der Waals surface area contributed by atoms with Crippen molar-refractivity contribution in [3.05, 3.63) is 77.8 Å². The summed E-state index contributed by atoms with van der Waals surface area (Å²) in [6.45, 7) is 7.62. The molecule has 4 aromatic rings. The second-order valence-corrected chi connectivity index (χ2v) is 10.8. The molecule has 4 heterocycles. The molecular formula is C30H36N6O3. The lowest BCUT2D eigenvalue weighted by Crippen LogP contribution is -2.35. The highest BCUT2D eigenvalue weighted by atomic mass is 16.5. The van der Waals surface area contributed by atoms with Crippen LogP contribution in [-0.4, -0.2) is 74.4 Å². The summed E-state index contributed by atoms with van der Waals surface area (Å²) in [6.07, 6.45) is 7.20. The van der Waals surface area contributed by atoms with Gasteiger partial charge in [0.1, 0.15) is 0 Å². The van der Waals surface area contributed by atoms with Crippen molar-refractivity contribution in [3.63, 3.8) is 0 Å². The van der Waals surface area contributed by atoms with E-state index in [2.05, 4.69) is 43.0 Å². The molecule has 0 atom stereocenters. The number of aromatic amines is 1. The first-order valence-electron chi connectivity index (χ1n) is 13.4. The first kappa shape index (κ1) is 26.9. The van der Waals surface area contributed by atoms with Gasteiger partial charge in [-0.3, -0.25) is 14.8 Å². The Labute approximate surface area is 228 Å². The average Bonchev–Trinajstić information content (AvgIpc) is 3.27. The lowest BCUT2D eigenvalue weighted by atomic mass is 9.89. The summed E-state index contributed by atoms with van der Waals surface area (Å²) in [5.74, 6) is 0.0891. The number of H-pyrrole nitrogens is 1. The Morgan fingerprint density at radius 2 is 2.00 bits per heavy atom. The normalized spacial score (nSPS) is 15.7. The molecule has 1 amide bonds. The van der Waals surface area contributed by atoms with E-state index >= 15 is 0 Å². The molecule has 1 aromatic carbocycles. The second-order valence-electron chi connectivity index (χ2n) is 10.8. The van der Waals surface area contributed by atoms with Crippen LogP contribution >= 0.6 is 0 Å². The molecular weight excluding hydrogens is 492 g/mol. The number of benzene rings is 1. The Morgan fingerprint density at radius 3 is 2.72 bits per heavy atom. The molecule has 0 bridgehead atoms. The zero-order valence-corrected chi connectivity index (χ0v) is 22.8. The highest BCUT2D eigenvalue weighted by Crippen LogP contribution is 2.30. The number of carbonyl (C=O) groups is 1. The number of fused-ring (bicyclic) bond motifs is 1. The molecule has 9 heteroatoms. The van der Waals surface area contributed by atoms with E-state index in [1.165, 1.54) is 5.56 Å². The van der Waals surface area contributed by atoms with E-state index < -0.39 is 5.60 Å². The number of likely N-dealkylation sites (tertiary alicyclic amines) is 1. The molecule has 5 rings (SSSR count). The number of hydrogen-bond donors (Lipinski definition) is 2. The van der Waals surface area contributed by atoms with Crippen molar-refractivity contribution >= 4 is 16.9 Å². The van der Waals surface area contributed by atoms with E-state index in [4.69, 9.17) is 4.74 Å². The Bertz CT molecular complexity index is 1490.